The highest BCUT2D eigenvalue weighted by molar-refractivity contribution is 5.36. The van der Waals surface area contributed by atoms with E-state index >= 15 is 0 Å². The van der Waals surface area contributed by atoms with Crippen LogP contribution in [0.15, 0.2) is 30.3 Å². The number of rotatable bonds is 4. The first kappa shape index (κ1) is 12.8. The van der Waals surface area contributed by atoms with E-state index in [-0.39, 0.29) is 0 Å². The van der Waals surface area contributed by atoms with E-state index < -0.39 is 6.10 Å². The molecule has 1 aromatic heterocycles. The van der Waals surface area contributed by atoms with Gasteiger partial charge in [0.2, 0.25) is 0 Å². The number of aromatic nitrogens is 2. The summed E-state index contributed by atoms with van der Waals surface area (Å²) in [5.74, 6) is 0. The van der Waals surface area contributed by atoms with Crippen LogP contribution in [0.2, 0.25) is 0 Å². The molecule has 0 radical (unpaired) electrons. The number of nitrogens with zero attached hydrogens (tertiary/aromatic N) is 2. The molecule has 2 rings (SSSR count). The molecule has 2 aromatic rings. The smallest absolute Gasteiger partial charge is 0.0761 e. The van der Waals surface area contributed by atoms with E-state index in [1.807, 2.05) is 28.9 Å². The standard InChI is InChI=1S/C15H20N2O/c1-4-13-10-14(5-2)17(16-13)15-8-6-12(7-9-15)11(3)18/h6-11,18H,4-5H2,1-3H3/t11-/m1/s1. The van der Waals surface area contributed by atoms with E-state index in [2.05, 4.69) is 25.0 Å². The van der Waals surface area contributed by atoms with Crippen LogP contribution in [-0.2, 0) is 12.8 Å². The third-order valence-electron chi connectivity index (χ3n) is 3.18. The van der Waals surface area contributed by atoms with Crippen LogP contribution in [0.3, 0.4) is 0 Å². The van der Waals surface area contributed by atoms with E-state index in [9.17, 15) is 5.11 Å². The van der Waals surface area contributed by atoms with Crippen molar-refractivity contribution in [3.05, 3.63) is 47.3 Å². The summed E-state index contributed by atoms with van der Waals surface area (Å²) in [5, 5.41) is 14.1. The van der Waals surface area contributed by atoms with E-state index in [0.29, 0.717) is 0 Å². The maximum Gasteiger partial charge on any atom is 0.0761 e. The molecule has 0 unspecified atom stereocenters. The first-order chi connectivity index (χ1) is 8.65. The zero-order valence-electron chi connectivity index (χ0n) is 11.2. The normalized spacial score (nSPS) is 12.7. The molecule has 0 spiro atoms. The molecule has 0 aliphatic carbocycles. The van der Waals surface area contributed by atoms with E-state index in [4.69, 9.17) is 0 Å². The highest BCUT2D eigenvalue weighted by Crippen LogP contribution is 2.17. The van der Waals surface area contributed by atoms with Crippen molar-refractivity contribution in [2.24, 2.45) is 0 Å². The van der Waals surface area contributed by atoms with Crippen molar-refractivity contribution in [2.45, 2.75) is 39.7 Å². The lowest BCUT2D eigenvalue weighted by Crippen LogP contribution is -2.02. The second kappa shape index (κ2) is 5.36. The minimum atomic E-state index is -0.423. The summed E-state index contributed by atoms with van der Waals surface area (Å²) in [7, 11) is 0. The van der Waals surface area contributed by atoms with Gasteiger partial charge in [0.25, 0.3) is 0 Å². The van der Waals surface area contributed by atoms with Gasteiger partial charge in [-0.3, -0.25) is 0 Å². The molecule has 1 N–H and O–H groups in total. The fourth-order valence-electron chi connectivity index (χ4n) is 2.02. The van der Waals surface area contributed by atoms with Crippen LogP contribution in [0.4, 0.5) is 0 Å². The second-order valence-corrected chi connectivity index (χ2v) is 4.51. The average molecular weight is 244 g/mol. The molecule has 0 aliphatic rings. The van der Waals surface area contributed by atoms with Crippen molar-refractivity contribution in [2.75, 3.05) is 0 Å². The van der Waals surface area contributed by atoms with Gasteiger partial charge in [0, 0.05) is 5.69 Å². The van der Waals surface area contributed by atoms with Gasteiger partial charge in [-0.1, -0.05) is 26.0 Å². The Morgan fingerprint density at radius 2 is 1.83 bits per heavy atom. The average Bonchev–Trinajstić information content (AvgIpc) is 2.82. The highest BCUT2D eigenvalue weighted by atomic mass is 16.3. The van der Waals surface area contributed by atoms with Crippen molar-refractivity contribution in [1.29, 1.82) is 0 Å². The van der Waals surface area contributed by atoms with Crippen LogP contribution < -0.4 is 0 Å². The number of aryl methyl sites for hydroxylation is 2. The van der Waals surface area contributed by atoms with Crippen molar-refractivity contribution >= 4 is 0 Å². The Kier molecular flexibility index (Phi) is 3.82. The molecular weight excluding hydrogens is 224 g/mol. The molecule has 3 heteroatoms. The predicted molar refractivity (Wildman–Crippen MR) is 73.0 cm³/mol. The lowest BCUT2D eigenvalue weighted by Gasteiger charge is -2.08. The molecule has 0 aliphatic heterocycles. The van der Waals surface area contributed by atoms with E-state index in [1.165, 1.54) is 5.69 Å². The Balaban J connectivity index is 2.38. The third-order valence-corrected chi connectivity index (χ3v) is 3.18. The van der Waals surface area contributed by atoms with Crippen LogP contribution in [0.25, 0.3) is 5.69 Å². The van der Waals surface area contributed by atoms with Crippen molar-refractivity contribution < 1.29 is 5.11 Å². The summed E-state index contributed by atoms with van der Waals surface area (Å²) in [5.41, 5.74) is 4.32. The molecule has 96 valence electrons. The van der Waals surface area contributed by atoms with Crippen LogP contribution in [-0.4, -0.2) is 14.9 Å². The van der Waals surface area contributed by atoms with E-state index in [1.54, 1.807) is 6.92 Å². The van der Waals surface area contributed by atoms with Gasteiger partial charge in [-0.25, -0.2) is 4.68 Å². The molecule has 0 bridgehead atoms. The molecule has 0 fully saturated rings. The third kappa shape index (κ3) is 2.46. The molecule has 18 heavy (non-hydrogen) atoms. The first-order valence-corrected chi connectivity index (χ1v) is 6.52. The Morgan fingerprint density at radius 3 is 2.33 bits per heavy atom. The maximum atomic E-state index is 9.51. The monoisotopic (exact) mass is 244 g/mol. The number of benzene rings is 1. The number of hydrogen-bond acceptors (Lipinski definition) is 2. The largest absolute Gasteiger partial charge is 0.389 e. The molecule has 1 heterocycles. The molecule has 0 saturated heterocycles. The Bertz CT molecular complexity index is 512. The molecule has 3 nitrogen and oxygen atoms in total. The minimum absolute atomic E-state index is 0.423. The van der Waals surface area contributed by atoms with Crippen LogP contribution >= 0.6 is 0 Å². The second-order valence-electron chi connectivity index (χ2n) is 4.51. The zero-order valence-corrected chi connectivity index (χ0v) is 11.2. The Labute approximate surface area is 108 Å². The van der Waals surface area contributed by atoms with Gasteiger partial charge in [-0.2, -0.15) is 5.10 Å². The van der Waals surface area contributed by atoms with Gasteiger partial charge in [0.05, 0.1) is 17.5 Å². The zero-order chi connectivity index (χ0) is 13.1. The highest BCUT2D eigenvalue weighted by Gasteiger charge is 2.08. The lowest BCUT2D eigenvalue weighted by atomic mass is 10.1. The summed E-state index contributed by atoms with van der Waals surface area (Å²) in [6, 6.07) is 10.1. The summed E-state index contributed by atoms with van der Waals surface area (Å²) in [6.07, 6.45) is 1.49. The fraction of sp³-hybridized carbons (Fsp3) is 0.400. The van der Waals surface area contributed by atoms with Crippen molar-refractivity contribution in [3.8, 4) is 5.69 Å². The number of hydrogen-bond donors (Lipinski definition) is 1. The topological polar surface area (TPSA) is 38.0 Å². The predicted octanol–water partition coefficient (Wildman–Crippen LogP) is 3.05. The Hall–Kier alpha value is -1.61. The minimum Gasteiger partial charge on any atom is -0.389 e. The maximum absolute atomic E-state index is 9.51. The van der Waals surface area contributed by atoms with E-state index in [0.717, 1.165) is 29.8 Å². The number of aliphatic hydroxyl groups excluding tert-OH is 1. The van der Waals surface area contributed by atoms with Crippen molar-refractivity contribution in [1.82, 2.24) is 9.78 Å². The van der Waals surface area contributed by atoms with Gasteiger partial charge >= 0.3 is 0 Å². The van der Waals surface area contributed by atoms with Crippen molar-refractivity contribution in [3.63, 3.8) is 0 Å². The quantitative estimate of drug-likeness (QED) is 0.897. The summed E-state index contributed by atoms with van der Waals surface area (Å²) >= 11 is 0. The lowest BCUT2D eigenvalue weighted by molar-refractivity contribution is 0.199. The van der Waals surface area contributed by atoms with Gasteiger partial charge < -0.3 is 5.11 Å². The summed E-state index contributed by atoms with van der Waals surface area (Å²) in [6.45, 7) is 6.02. The molecule has 0 saturated carbocycles. The molecule has 1 aromatic carbocycles. The van der Waals surface area contributed by atoms with Gasteiger partial charge in [0.1, 0.15) is 0 Å². The Morgan fingerprint density at radius 1 is 1.17 bits per heavy atom. The van der Waals surface area contributed by atoms with Gasteiger partial charge in [-0.05, 0) is 43.5 Å². The van der Waals surface area contributed by atoms with Gasteiger partial charge in [0.15, 0.2) is 0 Å². The first-order valence-electron chi connectivity index (χ1n) is 6.52. The van der Waals surface area contributed by atoms with Crippen LogP contribution in [0, 0.1) is 0 Å². The van der Waals surface area contributed by atoms with Crippen LogP contribution in [0.1, 0.15) is 43.8 Å². The summed E-state index contributed by atoms with van der Waals surface area (Å²) < 4.78 is 1.99. The van der Waals surface area contributed by atoms with Gasteiger partial charge in [-0.15, -0.1) is 0 Å². The number of aliphatic hydroxyl groups is 1. The van der Waals surface area contributed by atoms with Crippen LogP contribution in [0.5, 0.6) is 0 Å². The molecule has 1 atom stereocenters. The molecule has 0 amide bonds. The molecular formula is C15H20N2O. The fourth-order valence-corrected chi connectivity index (χ4v) is 2.02. The summed E-state index contributed by atoms with van der Waals surface area (Å²) in [4.78, 5) is 0. The SMILES string of the molecule is CCc1cc(CC)n(-c2ccc([C@@H](C)O)cc2)n1.